The molecule has 1 aliphatic carbocycles. The summed E-state index contributed by atoms with van der Waals surface area (Å²) in [4.78, 5) is 4.28. The molecular weight excluding hydrogens is 412 g/mol. The molecule has 0 amide bonds. The fourth-order valence-electron chi connectivity index (χ4n) is 4.05. The smallest absolute Gasteiger partial charge is 0.202 e. The van der Waals surface area contributed by atoms with Crippen molar-refractivity contribution in [1.29, 1.82) is 5.26 Å². The Morgan fingerprint density at radius 2 is 1.94 bits per heavy atom. The van der Waals surface area contributed by atoms with Gasteiger partial charge < -0.3 is 15.2 Å². The zero-order valence-electron chi connectivity index (χ0n) is 19.2. The topological polar surface area (TPSA) is 92.7 Å². The van der Waals surface area contributed by atoms with Gasteiger partial charge in [-0.25, -0.2) is 0 Å². The number of nitriles is 1. The zero-order valence-corrected chi connectivity index (χ0v) is 19.2. The van der Waals surface area contributed by atoms with Gasteiger partial charge in [0.1, 0.15) is 0 Å². The fraction of sp³-hybridized carbons (Fsp3) is 0.407. The van der Waals surface area contributed by atoms with Crippen molar-refractivity contribution in [2.75, 3.05) is 20.3 Å². The van der Waals surface area contributed by atoms with Gasteiger partial charge >= 0.3 is 0 Å². The Kier molecular flexibility index (Phi) is 9.48. The van der Waals surface area contributed by atoms with Crippen LogP contribution in [0.2, 0.25) is 0 Å². The van der Waals surface area contributed by atoms with Gasteiger partial charge in [0.25, 0.3) is 0 Å². The standard InChI is InChI=1S/C27H32N4O2/c1-32-25-15-14-23(18-26(25)33-17-16-22-10-6-3-7-11-22)24(19-30-27(29)31-20-28)13-12-21-8-4-2-5-9-21/h2,4-5,8-9,14-15,18,22,24H,3,6-7,10-11,16-17,19H2,1H3,(H3,29,30,31). The van der Waals surface area contributed by atoms with Gasteiger partial charge in [-0.05, 0) is 42.2 Å². The van der Waals surface area contributed by atoms with Gasteiger partial charge in [0, 0.05) is 5.56 Å². The molecule has 0 saturated heterocycles. The third kappa shape index (κ3) is 7.77. The molecule has 172 valence electrons. The van der Waals surface area contributed by atoms with E-state index in [1.165, 1.54) is 32.1 Å². The van der Waals surface area contributed by atoms with Gasteiger partial charge in [0.15, 0.2) is 17.7 Å². The van der Waals surface area contributed by atoms with Gasteiger partial charge in [-0.3, -0.25) is 10.3 Å². The van der Waals surface area contributed by atoms with Crippen molar-refractivity contribution in [2.24, 2.45) is 16.6 Å². The molecule has 1 unspecified atom stereocenters. The number of nitrogens with one attached hydrogen (secondary N) is 1. The third-order valence-electron chi connectivity index (χ3n) is 5.89. The molecule has 2 aromatic rings. The number of ether oxygens (including phenoxy) is 2. The van der Waals surface area contributed by atoms with E-state index in [-0.39, 0.29) is 11.9 Å². The van der Waals surface area contributed by atoms with E-state index in [1.54, 1.807) is 13.3 Å². The van der Waals surface area contributed by atoms with Gasteiger partial charge in [0.05, 0.1) is 26.2 Å². The lowest BCUT2D eigenvalue weighted by Crippen LogP contribution is -2.28. The van der Waals surface area contributed by atoms with E-state index in [0.717, 1.165) is 23.5 Å². The molecule has 6 nitrogen and oxygen atoms in total. The molecule has 0 aromatic heterocycles. The Hall–Kier alpha value is -3.64. The van der Waals surface area contributed by atoms with Crippen molar-refractivity contribution >= 4 is 5.96 Å². The average molecular weight is 445 g/mol. The molecule has 0 spiro atoms. The van der Waals surface area contributed by atoms with E-state index in [9.17, 15) is 0 Å². The van der Waals surface area contributed by atoms with Crippen LogP contribution in [0.25, 0.3) is 0 Å². The second-order valence-electron chi connectivity index (χ2n) is 8.20. The van der Waals surface area contributed by atoms with Crippen LogP contribution in [0, 0.1) is 29.2 Å². The minimum atomic E-state index is -0.226. The maximum atomic E-state index is 8.76. The summed E-state index contributed by atoms with van der Waals surface area (Å²) in [5.74, 6) is 8.53. The molecule has 0 heterocycles. The van der Waals surface area contributed by atoms with Crippen LogP contribution < -0.4 is 20.5 Å². The van der Waals surface area contributed by atoms with Gasteiger partial charge in [-0.15, -0.1) is 0 Å². The van der Waals surface area contributed by atoms with Crippen LogP contribution in [-0.4, -0.2) is 26.2 Å². The zero-order chi connectivity index (χ0) is 23.3. The summed E-state index contributed by atoms with van der Waals surface area (Å²) < 4.78 is 11.7. The number of hydrogen-bond acceptors (Lipinski definition) is 4. The summed E-state index contributed by atoms with van der Waals surface area (Å²) >= 11 is 0. The normalized spacial score (nSPS) is 15.0. The second-order valence-corrected chi connectivity index (χ2v) is 8.20. The van der Waals surface area contributed by atoms with Crippen molar-refractivity contribution in [3.8, 4) is 29.5 Å². The number of aliphatic imine (C=N–C) groups is 1. The molecular formula is C27H32N4O2. The number of benzene rings is 2. The summed E-state index contributed by atoms with van der Waals surface area (Å²) in [5, 5.41) is 11.1. The van der Waals surface area contributed by atoms with Gasteiger partial charge in [-0.1, -0.05) is 68.2 Å². The lowest BCUT2D eigenvalue weighted by molar-refractivity contribution is 0.238. The third-order valence-corrected chi connectivity index (χ3v) is 5.89. The second kappa shape index (κ2) is 13.0. The Labute approximate surface area is 196 Å². The predicted molar refractivity (Wildman–Crippen MR) is 131 cm³/mol. The first kappa shape index (κ1) is 24.0. The largest absolute Gasteiger partial charge is 0.493 e. The lowest BCUT2D eigenvalue weighted by atomic mass is 9.87. The molecule has 0 aliphatic heterocycles. The molecule has 3 rings (SSSR count). The molecule has 1 aliphatic rings. The molecule has 0 radical (unpaired) electrons. The Morgan fingerprint density at radius 1 is 1.15 bits per heavy atom. The number of guanidine groups is 1. The quantitative estimate of drug-likeness (QED) is 0.205. The first-order valence-corrected chi connectivity index (χ1v) is 11.5. The van der Waals surface area contributed by atoms with Crippen molar-refractivity contribution < 1.29 is 9.47 Å². The van der Waals surface area contributed by atoms with Crippen molar-refractivity contribution in [2.45, 2.75) is 44.4 Å². The van der Waals surface area contributed by atoms with Gasteiger partial charge in [-0.2, -0.15) is 5.26 Å². The highest BCUT2D eigenvalue weighted by atomic mass is 16.5. The molecule has 0 bridgehead atoms. The van der Waals surface area contributed by atoms with Crippen molar-refractivity contribution in [1.82, 2.24) is 5.32 Å². The van der Waals surface area contributed by atoms with Crippen LogP contribution in [-0.2, 0) is 0 Å². The van der Waals surface area contributed by atoms with E-state index >= 15 is 0 Å². The molecule has 6 heteroatoms. The van der Waals surface area contributed by atoms with Crippen LogP contribution in [0.3, 0.4) is 0 Å². The van der Waals surface area contributed by atoms with Gasteiger partial charge in [0.2, 0.25) is 5.96 Å². The first-order chi connectivity index (χ1) is 16.2. The van der Waals surface area contributed by atoms with E-state index in [2.05, 4.69) is 22.2 Å². The molecule has 33 heavy (non-hydrogen) atoms. The fourth-order valence-corrected chi connectivity index (χ4v) is 4.05. The number of methoxy groups -OCH3 is 1. The molecule has 3 N–H and O–H groups in total. The predicted octanol–water partition coefficient (Wildman–Crippen LogP) is 4.57. The SMILES string of the molecule is COc1ccc(C(C#Cc2ccccc2)CN=C(N)NC#N)cc1OCCC1CCCCC1. The maximum absolute atomic E-state index is 8.76. The van der Waals surface area contributed by atoms with E-state index in [0.29, 0.717) is 24.7 Å². The molecule has 1 atom stereocenters. The number of rotatable bonds is 8. The van der Waals surface area contributed by atoms with Crippen molar-refractivity contribution in [3.05, 3.63) is 59.7 Å². The van der Waals surface area contributed by atoms with Crippen LogP contribution in [0.4, 0.5) is 0 Å². The molecule has 1 fully saturated rings. The van der Waals surface area contributed by atoms with Crippen LogP contribution in [0.1, 0.15) is 55.6 Å². The average Bonchev–Trinajstić information content (AvgIpc) is 2.85. The molecule has 1 saturated carbocycles. The van der Waals surface area contributed by atoms with Crippen molar-refractivity contribution in [3.63, 3.8) is 0 Å². The lowest BCUT2D eigenvalue weighted by Gasteiger charge is -2.22. The first-order valence-electron chi connectivity index (χ1n) is 11.5. The minimum Gasteiger partial charge on any atom is -0.493 e. The van der Waals surface area contributed by atoms with E-state index < -0.39 is 0 Å². The summed E-state index contributed by atoms with van der Waals surface area (Å²) in [6, 6.07) is 15.7. The maximum Gasteiger partial charge on any atom is 0.202 e. The van der Waals surface area contributed by atoms with Crippen LogP contribution >= 0.6 is 0 Å². The highest BCUT2D eigenvalue weighted by Gasteiger charge is 2.16. The Balaban J connectivity index is 1.79. The summed E-state index contributed by atoms with van der Waals surface area (Å²) in [6.07, 6.45) is 9.46. The Bertz CT molecular complexity index is 1010. The Morgan fingerprint density at radius 3 is 2.67 bits per heavy atom. The van der Waals surface area contributed by atoms with E-state index in [1.807, 2.05) is 48.5 Å². The molecule has 2 aromatic carbocycles. The van der Waals surface area contributed by atoms with E-state index in [4.69, 9.17) is 20.5 Å². The number of hydrogen-bond donors (Lipinski definition) is 2. The highest BCUT2D eigenvalue weighted by molar-refractivity contribution is 5.79. The minimum absolute atomic E-state index is 0.0708. The summed E-state index contributed by atoms with van der Waals surface area (Å²) in [6.45, 7) is 0.982. The van der Waals surface area contributed by atoms with Crippen LogP contribution in [0.15, 0.2) is 53.5 Å². The number of nitrogens with two attached hydrogens (primary N) is 1. The highest BCUT2D eigenvalue weighted by Crippen LogP contribution is 2.32. The van der Waals surface area contributed by atoms with Crippen LogP contribution in [0.5, 0.6) is 11.5 Å². The number of nitrogens with zero attached hydrogens (tertiary/aromatic N) is 2. The monoisotopic (exact) mass is 444 g/mol. The summed E-state index contributed by atoms with van der Waals surface area (Å²) in [7, 11) is 1.65. The summed E-state index contributed by atoms with van der Waals surface area (Å²) in [5.41, 5.74) is 7.64.